The number of para-hydroxylation sites is 2. The molecule has 2 heteroatoms. The number of nitrogens with zero attached hydrogens (tertiary/aromatic N) is 2. The molecule has 0 aliphatic heterocycles. The first-order valence-corrected chi connectivity index (χ1v) is 14.3. The Hall–Kier alpha value is -4.30. The summed E-state index contributed by atoms with van der Waals surface area (Å²) in [5.74, 6) is 0. The van der Waals surface area contributed by atoms with E-state index in [1.54, 1.807) is 0 Å². The van der Waals surface area contributed by atoms with Crippen molar-refractivity contribution in [2.24, 2.45) is 0 Å². The SMILES string of the molecule is CC(C)(C)n1c2ccc(-c3cccc4c5ccccc5n(C(C)(C)C)c34)cc2c2ccc(-c3ccccc3)cc21. The van der Waals surface area contributed by atoms with Crippen LogP contribution in [0.2, 0.25) is 0 Å². The summed E-state index contributed by atoms with van der Waals surface area (Å²) < 4.78 is 5.04. The Morgan fingerprint density at radius 2 is 1.02 bits per heavy atom. The van der Waals surface area contributed by atoms with Gasteiger partial charge in [-0.2, -0.15) is 0 Å². The molecule has 0 aliphatic rings. The van der Waals surface area contributed by atoms with Crippen molar-refractivity contribution in [2.45, 2.75) is 52.6 Å². The number of aromatic nitrogens is 2. The maximum Gasteiger partial charge on any atom is 0.0576 e. The van der Waals surface area contributed by atoms with Crippen LogP contribution in [-0.2, 0) is 11.1 Å². The lowest BCUT2D eigenvalue weighted by Gasteiger charge is -2.25. The van der Waals surface area contributed by atoms with Crippen LogP contribution in [0.4, 0.5) is 0 Å². The maximum absolute atomic E-state index is 2.53. The molecule has 0 saturated heterocycles. The van der Waals surface area contributed by atoms with Crippen LogP contribution in [0.15, 0.2) is 109 Å². The highest BCUT2D eigenvalue weighted by Gasteiger charge is 2.24. The molecule has 5 aromatic carbocycles. The summed E-state index contributed by atoms with van der Waals surface area (Å²) in [6, 6.07) is 40.3. The number of hydrogen-bond acceptors (Lipinski definition) is 0. The largest absolute Gasteiger partial charge is 0.335 e. The molecule has 2 heterocycles. The van der Waals surface area contributed by atoms with E-state index >= 15 is 0 Å². The van der Waals surface area contributed by atoms with Crippen LogP contribution < -0.4 is 0 Å². The van der Waals surface area contributed by atoms with Crippen LogP contribution in [-0.4, -0.2) is 9.13 Å². The van der Waals surface area contributed by atoms with Gasteiger partial charge in [-0.3, -0.25) is 0 Å². The lowest BCUT2D eigenvalue weighted by molar-refractivity contribution is 0.423. The Kier molecular flexibility index (Phi) is 5.31. The summed E-state index contributed by atoms with van der Waals surface area (Å²) in [7, 11) is 0. The van der Waals surface area contributed by atoms with Crippen molar-refractivity contribution in [2.75, 3.05) is 0 Å². The minimum atomic E-state index is -0.0600. The fourth-order valence-electron chi connectivity index (χ4n) is 6.67. The van der Waals surface area contributed by atoms with Gasteiger partial charge in [-0.05, 0) is 82.5 Å². The molecule has 198 valence electrons. The monoisotopic (exact) mass is 520 g/mol. The third kappa shape index (κ3) is 3.70. The molecule has 40 heavy (non-hydrogen) atoms. The zero-order valence-corrected chi connectivity index (χ0v) is 24.3. The van der Waals surface area contributed by atoms with E-state index in [2.05, 4.69) is 160 Å². The van der Waals surface area contributed by atoms with Crippen molar-refractivity contribution in [3.63, 3.8) is 0 Å². The summed E-state index contributed by atoms with van der Waals surface area (Å²) in [4.78, 5) is 0. The first-order valence-electron chi connectivity index (χ1n) is 14.3. The Morgan fingerprint density at radius 3 is 1.77 bits per heavy atom. The second-order valence-electron chi connectivity index (χ2n) is 13.1. The maximum atomic E-state index is 2.53. The highest BCUT2D eigenvalue weighted by atomic mass is 15.1. The second-order valence-corrected chi connectivity index (χ2v) is 13.1. The molecule has 0 aliphatic carbocycles. The smallest absolute Gasteiger partial charge is 0.0576 e. The average Bonchev–Trinajstić information content (AvgIpc) is 3.46. The molecule has 0 bridgehead atoms. The van der Waals surface area contributed by atoms with E-state index in [9.17, 15) is 0 Å². The molecule has 7 rings (SSSR count). The van der Waals surface area contributed by atoms with Gasteiger partial charge >= 0.3 is 0 Å². The molecule has 0 unspecified atom stereocenters. The van der Waals surface area contributed by atoms with E-state index in [0.29, 0.717) is 0 Å². The van der Waals surface area contributed by atoms with Crippen molar-refractivity contribution in [3.8, 4) is 22.3 Å². The molecular weight excluding hydrogens is 484 g/mol. The highest BCUT2D eigenvalue weighted by molar-refractivity contribution is 6.15. The molecule has 0 radical (unpaired) electrons. The van der Waals surface area contributed by atoms with Crippen LogP contribution in [0.1, 0.15) is 41.5 Å². The zero-order valence-electron chi connectivity index (χ0n) is 24.3. The van der Waals surface area contributed by atoms with E-state index in [1.165, 1.54) is 65.9 Å². The Labute approximate surface area is 236 Å². The molecule has 7 aromatic rings. The lowest BCUT2D eigenvalue weighted by atomic mass is 9.98. The zero-order chi connectivity index (χ0) is 27.8. The van der Waals surface area contributed by atoms with Crippen LogP contribution >= 0.6 is 0 Å². The number of hydrogen-bond donors (Lipinski definition) is 0. The quantitative estimate of drug-likeness (QED) is 0.214. The van der Waals surface area contributed by atoms with Gasteiger partial charge in [0.2, 0.25) is 0 Å². The number of fused-ring (bicyclic) bond motifs is 6. The van der Waals surface area contributed by atoms with Crippen LogP contribution in [0, 0.1) is 0 Å². The summed E-state index contributed by atoms with van der Waals surface area (Å²) in [5.41, 5.74) is 10.1. The Balaban J connectivity index is 1.54. The molecule has 0 atom stereocenters. The van der Waals surface area contributed by atoms with Crippen LogP contribution in [0.5, 0.6) is 0 Å². The first-order chi connectivity index (χ1) is 19.1. The van der Waals surface area contributed by atoms with Crippen molar-refractivity contribution < 1.29 is 0 Å². The molecule has 0 fully saturated rings. The Morgan fingerprint density at radius 1 is 0.400 bits per heavy atom. The van der Waals surface area contributed by atoms with Crippen LogP contribution in [0.3, 0.4) is 0 Å². The summed E-state index contributed by atoms with van der Waals surface area (Å²) in [5, 5.41) is 5.23. The average molecular weight is 521 g/mol. The third-order valence-corrected chi connectivity index (χ3v) is 8.22. The van der Waals surface area contributed by atoms with Crippen molar-refractivity contribution >= 4 is 43.6 Å². The van der Waals surface area contributed by atoms with Gasteiger partial charge in [0.05, 0.1) is 11.0 Å². The molecule has 2 aromatic heterocycles. The predicted octanol–water partition coefficient (Wildman–Crippen LogP) is 10.7. The van der Waals surface area contributed by atoms with E-state index in [4.69, 9.17) is 0 Å². The number of rotatable bonds is 2. The van der Waals surface area contributed by atoms with Crippen LogP contribution in [0.25, 0.3) is 65.9 Å². The highest BCUT2D eigenvalue weighted by Crippen LogP contribution is 2.42. The van der Waals surface area contributed by atoms with Crippen molar-refractivity contribution in [1.82, 2.24) is 9.13 Å². The molecule has 2 nitrogen and oxygen atoms in total. The van der Waals surface area contributed by atoms with Gasteiger partial charge in [0.15, 0.2) is 0 Å². The van der Waals surface area contributed by atoms with Gasteiger partial charge in [0.25, 0.3) is 0 Å². The van der Waals surface area contributed by atoms with E-state index in [-0.39, 0.29) is 11.1 Å². The molecule has 0 amide bonds. The summed E-state index contributed by atoms with van der Waals surface area (Å²) >= 11 is 0. The van der Waals surface area contributed by atoms with Gasteiger partial charge in [-0.1, -0.05) is 84.9 Å². The minimum absolute atomic E-state index is 0.0579. The van der Waals surface area contributed by atoms with Crippen molar-refractivity contribution in [3.05, 3.63) is 109 Å². The molecule has 0 spiro atoms. The summed E-state index contributed by atoms with van der Waals surface area (Å²) in [6.07, 6.45) is 0. The van der Waals surface area contributed by atoms with E-state index in [1.807, 2.05) is 0 Å². The molecule has 0 saturated carbocycles. The molecule has 0 N–H and O–H groups in total. The summed E-state index contributed by atoms with van der Waals surface area (Å²) in [6.45, 7) is 13.8. The fraction of sp³-hybridized carbons (Fsp3) is 0.211. The third-order valence-electron chi connectivity index (χ3n) is 8.22. The minimum Gasteiger partial charge on any atom is -0.335 e. The fourth-order valence-corrected chi connectivity index (χ4v) is 6.67. The van der Waals surface area contributed by atoms with Gasteiger partial charge in [0, 0.05) is 49.2 Å². The van der Waals surface area contributed by atoms with Gasteiger partial charge in [0.1, 0.15) is 0 Å². The van der Waals surface area contributed by atoms with E-state index < -0.39 is 0 Å². The van der Waals surface area contributed by atoms with Gasteiger partial charge < -0.3 is 9.13 Å². The number of benzene rings is 5. The normalized spacial score (nSPS) is 12.8. The standard InChI is InChI=1S/C38H36N2/c1-37(2,3)39-34-22-20-27(23-32(34)30-21-19-26(24-35(30)39)25-13-8-7-9-14-25)28-16-12-17-31-29-15-10-11-18-33(29)40(36(28)31)38(4,5)6/h7-24H,1-6H3. The Bertz CT molecular complexity index is 2060. The van der Waals surface area contributed by atoms with Gasteiger partial charge in [-0.25, -0.2) is 0 Å². The predicted molar refractivity (Wildman–Crippen MR) is 173 cm³/mol. The topological polar surface area (TPSA) is 9.86 Å². The first kappa shape index (κ1) is 24.7. The van der Waals surface area contributed by atoms with Crippen molar-refractivity contribution in [1.29, 1.82) is 0 Å². The lowest BCUT2D eigenvalue weighted by Crippen LogP contribution is -2.21. The molecular formula is C38H36N2. The van der Waals surface area contributed by atoms with E-state index in [0.717, 1.165) is 0 Å². The second kappa shape index (κ2) is 8.60. The van der Waals surface area contributed by atoms with Gasteiger partial charge in [-0.15, -0.1) is 0 Å².